The third-order valence-corrected chi connectivity index (χ3v) is 4.10. The Morgan fingerprint density at radius 3 is 2.48 bits per heavy atom. The number of oxime groups is 1. The molecule has 0 bridgehead atoms. The van der Waals surface area contributed by atoms with Crippen molar-refractivity contribution in [2.24, 2.45) is 11.1 Å². The van der Waals surface area contributed by atoms with Gasteiger partial charge in [-0.3, -0.25) is 9.63 Å². The SMILES string of the molecule is CCOC(=O)CCN(CC(C)C)SN(C)C(=O)ON=C(C)SC. The van der Waals surface area contributed by atoms with E-state index in [1.54, 1.807) is 20.9 Å². The molecule has 0 N–H and O–H groups in total. The minimum atomic E-state index is -0.562. The van der Waals surface area contributed by atoms with Crippen molar-refractivity contribution in [1.29, 1.82) is 0 Å². The lowest BCUT2D eigenvalue weighted by molar-refractivity contribution is -0.143. The van der Waals surface area contributed by atoms with Gasteiger partial charge in [0.2, 0.25) is 0 Å². The number of nitrogens with zero attached hydrogens (tertiary/aromatic N) is 3. The summed E-state index contributed by atoms with van der Waals surface area (Å²) in [5.41, 5.74) is 0. The van der Waals surface area contributed by atoms with Gasteiger partial charge in [-0.25, -0.2) is 13.4 Å². The molecule has 0 aromatic carbocycles. The van der Waals surface area contributed by atoms with Crippen LogP contribution < -0.4 is 0 Å². The highest BCUT2D eigenvalue weighted by molar-refractivity contribution is 8.13. The van der Waals surface area contributed by atoms with Crippen LogP contribution in [-0.2, 0) is 14.4 Å². The Bertz CT molecular complexity index is 405. The molecule has 0 saturated carbocycles. The van der Waals surface area contributed by atoms with Gasteiger partial charge < -0.3 is 4.74 Å². The number of hydrogen-bond acceptors (Lipinski definition) is 8. The number of carbonyl (C=O) groups is 2. The molecule has 7 nitrogen and oxygen atoms in total. The van der Waals surface area contributed by atoms with Gasteiger partial charge in [0.15, 0.2) is 0 Å². The molecule has 23 heavy (non-hydrogen) atoms. The lowest BCUT2D eigenvalue weighted by atomic mass is 10.2. The summed E-state index contributed by atoms with van der Waals surface area (Å²) in [6, 6.07) is 0. The largest absolute Gasteiger partial charge is 0.466 e. The average molecular weight is 366 g/mol. The Balaban J connectivity index is 4.50. The molecule has 9 heteroatoms. The van der Waals surface area contributed by atoms with E-state index in [1.807, 2.05) is 10.6 Å². The number of amides is 1. The zero-order chi connectivity index (χ0) is 17.8. The molecule has 0 aliphatic heterocycles. The maximum atomic E-state index is 11.9. The van der Waals surface area contributed by atoms with Crippen molar-refractivity contribution in [3.63, 3.8) is 0 Å². The van der Waals surface area contributed by atoms with Crippen molar-refractivity contribution in [3.05, 3.63) is 0 Å². The molecular weight excluding hydrogens is 338 g/mol. The molecule has 0 fully saturated rings. The topological polar surface area (TPSA) is 71.4 Å². The zero-order valence-electron chi connectivity index (χ0n) is 14.7. The molecule has 0 aromatic heterocycles. The summed E-state index contributed by atoms with van der Waals surface area (Å²) >= 11 is 2.61. The molecule has 0 rings (SSSR count). The van der Waals surface area contributed by atoms with E-state index < -0.39 is 6.09 Å². The number of carbonyl (C=O) groups excluding carboxylic acids is 2. The van der Waals surface area contributed by atoms with Gasteiger partial charge in [-0.05, 0) is 26.0 Å². The summed E-state index contributed by atoms with van der Waals surface area (Å²) in [6.45, 7) is 9.27. The van der Waals surface area contributed by atoms with E-state index >= 15 is 0 Å². The summed E-state index contributed by atoms with van der Waals surface area (Å²) in [7, 11) is 1.61. The molecule has 0 heterocycles. The Kier molecular flexibility index (Phi) is 12.0. The molecule has 0 spiro atoms. The number of hydrogen-bond donors (Lipinski definition) is 0. The molecule has 0 unspecified atom stereocenters. The molecule has 0 aromatic rings. The average Bonchev–Trinajstić information content (AvgIpc) is 2.49. The van der Waals surface area contributed by atoms with Gasteiger partial charge >= 0.3 is 12.1 Å². The van der Waals surface area contributed by atoms with Crippen molar-refractivity contribution in [2.75, 3.05) is 33.0 Å². The maximum absolute atomic E-state index is 11.9. The quantitative estimate of drug-likeness (QED) is 0.155. The second-order valence-electron chi connectivity index (χ2n) is 5.09. The predicted octanol–water partition coefficient (Wildman–Crippen LogP) is 3.23. The Morgan fingerprint density at radius 2 is 1.96 bits per heavy atom. The van der Waals surface area contributed by atoms with Crippen molar-refractivity contribution in [2.45, 2.75) is 34.1 Å². The van der Waals surface area contributed by atoms with Gasteiger partial charge in [0.05, 0.1) is 13.0 Å². The highest BCUT2D eigenvalue weighted by Crippen LogP contribution is 2.18. The first-order valence-electron chi connectivity index (χ1n) is 7.42. The Labute approximate surface area is 147 Å². The fraction of sp³-hybridized carbons (Fsp3) is 0.786. The molecule has 0 atom stereocenters. The standard InChI is InChI=1S/C14H27N3O4S2/c1-7-20-13(18)8-9-17(10-11(2)3)23-16(5)14(19)21-15-12(4)22-6/h11H,7-10H2,1-6H3. The fourth-order valence-electron chi connectivity index (χ4n) is 1.43. The first-order valence-corrected chi connectivity index (χ1v) is 9.37. The first-order chi connectivity index (χ1) is 10.8. The second-order valence-corrected chi connectivity index (χ2v) is 7.31. The van der Waals surface area contributed by atoms with Crippen LogP contribution in [0.4, 0.5) is 4.79 Å². The van der Waals surface area contributed by atoms with E-state index in [-0.39, 0.29) is 12.4 Å². The van der Waals surface area contributed by atoms with Crippen LogP contribution in [0.15, 0.2) is 5.16 Å². The number of thioether (sulfide) groups is 1. The lowest BCUT2D eigenvalue weighted by Crippen LogP contribution is -2.31. The van der Waals surface area contributed by atoms with Crippen LogP contribution in [0.25, 0.3) is 0 Å². The van der Waals surface area contributed by atoms with E-state index in [2.05, 4.69) is 19.0 Å². The van der Waals surface area contributed by atoms with Gasteiger partial charge in [-0.2, -0.15) is 0 Å². The van der Waals surface area contributed by atoms with E-state index in [0.717, 1.165) is 6.54 Å². The normalized spacial score (nSPS) is 11.7. The molecule has 0 saturated heterocycles. The van der Waals surface area contributed by atoms with Gasteiger partial charge in [-0.1, -0.05) is 19.0 Å². The summed E-state index contributed by atoms with van der Waals surface area (Å²) < 4.78 is 8.22. The summed E-state index contributed by atoms with van der Waals surface area (Å²) in [4.78, 5) is 28.2. The van der Waals surface area contributed by atoms with Gasteiger partial charge in [0.1, 0.15) is 5.04 Å². The summed E-state index contributed by atoms with van der Waals surface area (Å²) in [6.07, 6.45) is 1.57. The van der Waals surface area contributed by atoms with Crippen LogP contribution in [-0.4, -0.2) is 58.7 Å². The van der Waals surface area contributed by atoms with Crippen molar-refractivity contribution in [1.82, 2.24) is 8.61 Å². The fourth-order valence-corrected chi connectivity index (χ4v) is 2.52. The number of ether oxygens (including phenoxy) is 1. The van der Waals surface area contributed by atoms with E-state index in [1.165, 1.54) is 28.2 Å². The second kappa shape index (κ2) is 12.5. The molecule has 1 amide bonds. The predicted molar refractivity (Wildman–Crippen MR) is 96.1 cm³/mol. The lowest BCUT2D eigenvalue weighted by Gasteiger charge is -2.26. The van der Waals surface area contributed by atoms with Gasteiger partial charge in [0.25, 0.3) is 0 Å². The van der Waals surface area contributed by atoms with Crippen LogP contribution in [0.5, 0.6) is 0 Å². The number of esters is 1. The van der Waals surface area contributed by atoms with E-state index in [9.17, 15) is 9.59 Å². The van der Waals surface area contributed by atoms with Crippen LogP contribution in [0, 0.1) is 5.92 Å². The molecule has 0 radical (unpaired) electrons. The third-order valence-electron chi connectivity index (χ3n) is 2.48. The molecule has 134 valence electrons. The molecule has 0 aliphatic rings. The summed E-state index contributed by atoms with van der Waals surface area (Å²) in [5.74, 6) is 0.151. The van der Waals surface area contributed by atoms with Crippen LogP contribution in [0.3, 0.4) is 0 Å². The first kappa shape index (κ1) is 22.1. The molecule has 0 aliphatic carbocycles. The molecular formula is C14H27N3O4S2. The smallest absolute Gasteiger partial charge is 0.446 e. The zero-order valence-corrected chi connectivity index (χ0v) is 16.3. The van der Waals surface area contributed by atoms with E-state index in [4.69, 9.17) is 9.57 Å². The Morgan fingerprint density at radius 1 is 1.30 bits per heavy atom. The number of rotatable bonds is 9. The highest BCUT2D eigenvalue weighted by atomic mass is 32.2. The monoisotopic (exact) mass is 365 g/mol. The maximum Gasteiger partial charge on any atom is 0.446 e. The minimum absolute atomic E-state index is 0.243. The Hall–Kier alpha value is -0.930. The third kappa shape index (κ3) is 11.3. The van der Waals surface area contributed by atoms with Gasteiger partial charge in [-0.15, -0.1) is 11.8 Å². The van der Waals surface area contributed by atoms with Crippen LogP contribution in [0.1, 0.15) is 34.1 Å². The van der Waals surface area contributed by atoms with Crippen molar-refractivity contribution in [3.8, 4) is 0 Å². The van der Waals surface area contributed by atoms with Crippen molar-refractivity contribution >= 4 is 41.0 Å². The van der Waals surface area contributed by atoms with E-state index in [0.29, 0.717) is 24.1 Å². The highest BCUT2D eigenvalue weighted by Gasteiger charge is 2.18. The van der Waals surface area contributed by atoms with Gasteiger partial charge in [0, 0.05) is 32.3 Å². The summed E-state index contributed by atoms with van der Waals surface area (Å²) in [5, 5.41) is 4.38. The van der Waals surface area contributed by atoms with Crippen LogP contribution in [0.2, 0.25) is 0 Å². The minimum Gasteiger partial charge on any atom is -0.466 e. The van der Waals surface area contributed by atoms with Crippen LogP contribution >= 0.6 is 23.9 Å². The van der Waals surface area contributed by atoms with Crippen molar-refractivity contribution < 1.29 is 19.2 Å².